The number of nitrogens with zero attached hydrogens (tertiary/aromatic N) is 2. The Hall–Kier alpha value is -3.15. The lowest BCUT2D eigenvalue weighted by molar-refractivity contribution is 0.0583. The molecule has 1 fully saturated rings. The van der Waals surface area contributed by atoms with E-state index in [1.807, 2.05) is 18.2 Å². The summed E-state index contributed by atoms with van der Waals surface area (Å²) in [6.45, 7) is 1.89. The van der Waals surface area contributed by atoms with E-state index in [0.29, 0.717) is 25.4 Å². The second kappa shape index (κ2) is 10.9. The molecule has 1 aliphatic rings. The number of benzene rings is 2. The molecule has 0 atom stereocenters. The number of carbonyl (C=O) groups is 2. The molecule has 184 valence electrons. The normalized spacial score (nSPS) is 14.9. The third kappa shape index (κ3) is 5.32. The van der Waals surface area contributed by atoms with Crippen molar-refractivity contribution in [2.45, 2.75) is 11.4 Å². The van der Waals surface area contributed by atoms with Crippen LogP contribution in [0.1, 0.15) is 26.3 Å². The molecular formula is C23H28N2O8S. The third-order valence-corrected chi connectivity index (χ3v) is 7.58. The van der Waals surface area contributed by atoms with Crippen LogP contribution < -0.4 is 9.47 Å². The predicted octanol–water partition coefficient (Wildman–Crippen LogP) is 1.78. The number of rotatable bonds is 8. The molecule has 0 aromatic heterocycles. The van der Waals surface area contributed by atoms with Crippen LogP contribution in [0, 0.1) is 0 Å². The number of carbonyl (C=O) groups excluding carboxylic acids is 2. The van der Waals surface area contributed by atoms with Gasteiger partial charge in [0.05, 0.1) is 44.5 Å². The van der Waals surface area contributed by atoms with Crippen LogP contribution in [0.25, 0.3) is 0 Å². The summed E-state index contributed by atoms with van der Waals surface area (Å²) in [6.07, 6.45) is 0. The second-order valence-electron chi connectivity index (χ2n) is 7.55. The molecule has 34 heavy (non-hydrogen) atoms. The summed E-state index contributed by atoms with van der Waals surface area (Å²) < 4.78 is 48.4. The quantitative estimate of drug-likeness (QED) is 0.509. The van der Waals surface area contributed by atoms with Gasteiger partial charge < -0.3 is 18.9 Å². The number of sulfonamides is 1. The Morgan fingerprint density at radius 3 is 2.12 bits per heavy atom. The topological polar surface area (TPSA) is 112 Å². The Labute approximate surface area is 199 Å². The Bertz CT molecular complexity index is 1160. The highest BCUT2D eigenvalue weighted by Gasteiger charge is 2.33. The molecule has 1 saturated heterocycles. The van der Waals surface area contributed by atoms with E-state index in [2.05, 4.69) is 4.90 Å². The number of piperazine rings is 1. The summed E-state index contributed by atoms with van der Waals surface area (Å²) >= 11 is 0. The molecule has 2 aromatic rings. The van der Waals surface area contributed by atoms with Crippen molar-refractivity contribution >= 4 is 22.0 Å². The lowest BCUT2D eigenvalue weighted by atomic mass is 10.1. The minimum Gasteiger partial charge on any atom is -0.497 e. The Morgan fingerprint density at radius 2 is 1.53 bits per heavy atom. The molecule has 10 nitrogen and oxygen atoms in total. The Balaban J connectivity index is 1.81. The van der Waals surface area contributed by atoms with Gasteiger partial charge in [-0.15, -0.1) is 0 Å². The zero-order valence-electron chi connectivity index (χ0n) is 19.6. The van der Waals surface area contributed by atoms with Crippen LogP contribution in [-0.4, -0.2) is 84.2 Å². The smallest absolute Gasteiger partial charge is 0.339 e. The molecule has 1 heterocycles. The highest BCUT2D eigenvalue weighted by Crippen LogP contribution is 2.27. The number of methoxy groups -OCH3 is 4. The average Bonchev–Trinajstić information content (AvgIpc) is 2.87. The van der Waals surface area contributed by atoms with Crippen molar-refractivity contribution in [2.75, 3.05) is 54.6 Å². The van der Waals surface area contributed by atoms with Gasteiger partial charge in [0.15, 0.2) is 0 Å². The van der Waals surface area contributed by atoms with Crippen molar-refractivity contribution in [1.29, 1.82) is 0 Å². The van der Waals surface area contributed by atoms with Gasteiger partial charge in [0, 0.05) is 38.3 Å². The fourth-order valence-corrected chi connectivity index (χ4v) is 5.40. The van der Waals surface area contributed by atoms with Gasteiger partial charge in [0.1, 0.15) is 11.5 Å². The molecule has 11 heteroatoms. The van der Waals surface area contributed by atoms with E-state index in [9.17, 15) is 18.0 Å². The van der Waals surface area contributed by atoms with E-state index in [0.717, 1.165) is 17.4 Å². The standard InChI is InChI=1S/C23H28N2O8S/c1-30-18-6-8-20(31-2)17(13-18)15-24-9-11-25(12-10-24)34(28,29)21-14-16(22(26)32-3)5-7-19(21)23(27)33-4/h5-8,13-14H,9-12,15H2,1-4H3. The van der Waals surface area contributed by atoms with Crippen LogP contribution in [0.5, 0.6) is 11.5 Å². The lowest BCUT2D eigenvalue weighted by Crippen LogP contribution is -2.48. The molecule has 0 bridgehead atoms. The first-order chi connectivity index (χ1) is 16.2. The van der Waals surface area contributed by atoms with E-state index < -0.39 is 22.0 Å². The maximum Gasteiger partial charge on any atom is 0.339 e. The maximum atomic E-state index is 13.5. The van der Waals surface area contributed by atoms with Crippen LogP contribution in [0.3, 0.4) is 0 Å². The molecule has 0 radical (unpaired) electrons. The second-order valence-corrected chi connectivity index (χ2v) is 9.46. The first-order valence-electron chi connectivity index (χ1n) is 10.5. The van der Waals surface area contributed by atoms with Gasteiger partial charge >= 0.3 is 11.9 Å². The molecule has 3 rings (SSSR count). The molecule has 2 aromatic carbocycles. The predicted molar refractivity (Wildman–Crippen MR) is 123 cm³/mol. The fraction of sp³-hybridized carbons (Fsp3) is 0.391. The van der Waals surface area contributed by atoms with E-state index in [4.69, 9.17) is 18.9 Å². The first-order valence-corrected chi connectivity index (χ1v) is 11.9. The number of esters is 2. The van der Waals surface area contributed by atoms with Crippen LogP contribution in [0.2, 0.25) is 0 Å². The van der Waals surface area contributed by atoms with Gasteiger partial charge in [-0.1, -0.05) is 0 Å². The van der Waals surface area contributed by atoms with Crippen LogP contribution in [0.15, 0.2) is 41.3 Å². The fourth-order valence-electron chi connectivity index (χ4n) is 3.77. The largest absolute Gasteiger partial charge is 0.497 e. The minimum absolute atomic E-state index is 0.0254. The van der Waals surface area contributed by atoms with Crippen molar-refractivity contribution in [2.24, 2.45) is 0 Å². The zero-order chi connectivity index (χ0) is 24.9. The van der Waals surface area contributed by atoms with Gasteiger partial charge in [-0.3, -0.25) is 4.90 Å². The van der Waals surface area contributed by atoms with E-state index >= 15 is 0 Å². The zero-order valence-corrected chi connectivity index (χ0v) is 20.4. The highest BCUT2D eigenvalue weighted by molar-refractivity contribution is 7.89. The molecule has 0 N–H and O–H groups in total. The first kappa shape index (κ1) is 25.5. The van der Waals surface area contributed by atoms with Crippen LogP contribution in [0.4, 0.5) is 0 Å². The van der Waals surface area contributed by atoms with Crippen molar-refractivity contribution in [3.63, 3.8) is 0 Å². The van der Waals surface area contributed by atoms with Gasteiger partial charge in [-0.05, 0) is 36.4 Å². The minimum atomic E-state index is -4.08. The van der Waals surface area contributed by atoms with Crippen LogP contribution >= 0.6 is 0 Å². The highest BCUT2D eigenvalue weighted by atomic mass is 32.2. The summed E-state index contributed by atoms with van der Waals surface area (Å²) in [4.78, 5) is 26.0. The number of ether oxygens (including phenoxy) is 4. The van der Waals surface area contributed by atoms with E-state index in [1.165, 1.54) is 30.7 Å². The van der Waals surface area contributed by atoms with Crippen molar-refractivity contribution < 1.29 is 37.0 Å². The van der Waals surface area contributed by atoms with Crippen molar-refractivity contribution in [3.8, 4) is 11.5 Å². The third-order valence-electron chi connectivity index (χ3n) is 5.64. The molecular weight excluding hydrogens is 464 g/mol. The Kier molecular flexibility index (Phi) is 8.13. The summed E-state index contributed by atoms with van der Waals surface area (Å²) in [7, 11) is 1.47. The summed E-state index contributed by atoms with van der Waals surface area (Å²) in [5, 5.41) is 0. The summed E-state index contributed by atoms with van der Waals surface area (Å²) in [5.41, 5.74) is 0.813. The SMILES string of the molecule is COC(=O)c1ccc(C(=O)OC)c(S(=O)(=O)N2CCN(Cc3cc(OC)ccc3OC)CC2)c1. The monoisotopic (exact) mass is 492 g/mol. The summed E-state index contributed by atoms with van der Waals surface area (Å²) in [6, 6.07) is 9.28. The van der Waals surface area contributed by atoms with E-state index in [-0.39, 0.29) is 29.1 Å². The van der Waals surface area contributed by atoms with Crippen LogP contribution in [-0.2, 0) is 26.0 Å². The number of hydrogen-bond donors (Lipinski definition) is 0. The average molecular weight is 493 g/mol. The molecule has 1 aliphatic heterocycles. The number of hydrogen-bond acceptors (Lipinski definition) is 9. The summed E-state index contributed by atoms with van der Waals surface area (Å²) in [5.74, 6) is -0.0836. The molecule has 0 saturated carbocycles. The van der Waals surface area contributed by atoms with Gasteiger partial charge in [-0.2, -0.15) is 4.31 Å². The Morgan fingerprint density at radius 1 is 0.853 bits per heavy atom. The van der Waals surface area contributed by atoms with E-state index in [1.54, 1.807) is 14.2 Å². The molecule has 0 amide bonds. The molecule has 0 unspecified atom stereocenters. The van der Waals surface area contributed by atoms with Gasteiger partial charge in [-0.25, -0.2) is 18.0 Å². The van der Waals surface area contributed by atoms with Gasteiger partial charge in [0.2, 0.25) is 10.0 Å². The van der Waals surface area contributed by atoms with Gasteiger partial charge in [0.25, 0.3) is 0 Å². The molecule has 0 spiro atoms. The molecule has 0 aliphatic carbocycles. The lowest BCUT2D eigenvalue weighted by Gasteiger charge is -2.34. The van der Waals surface area contributed by atoms with Crippen molar-refractivity contribution in [3.05, 3.63) is 53.1 Å². The maximum absolute atomic E-state index is 13.5. The van der Waals surface area contributed by atoms with Crippen molar-refractivity contribution in [1.82, 2.24) is 9.21 Å².